The number of nitrogens with one attached hydrogen (secondary N) is 1. The molecule has 17 heavy (non-hydrogen) atoms. The lowest BCUT2D eigenvalue weighted by Crippen LogP contribution is -2.19. The third kappa shape index (κ3) is 2.42. The number of H-pyrrole nitrogens is 1. The number of hydrogen-bond donors (Lipinski definition) is 2. The Morgan fingerprint density at radius 1 is 1.53 bits per heavy atom. The maximum absolute atomic E-state index is 6.16. The fourth-order valence-corrected chi connectivity index (χ4v) is 2.69. The van der Waals surface area contributed by atoms with E-state index in [9.17, 15) is 0 Å². The summed E-state index contributed by atoms with van der Waals surface area (Å²) in [5.41, 5.74) is 8.52. The second-order valence-corrected chi connectivity index (χ2v) is 5.44. The summed E-state index contributed by atoms with van der Waals surface area (Å²) in [6.45, 7) is 6.42. The molecule has 0 saturated carbocycles. The first-order valence-corrected chi connectivity index (χ1v) is 6.86. The summed E-state index contributed by atoms with van der Waals surface area (Å²) in [6, 6.07) is 2.11. The molecule has 2 unspecified atom stereocenters. The average Bonchev–Trinajstić information content (AvgIpc) is 2.95. The maximum atomic E-state index is 6.16. The number of aryl methyl sites for hydroxylation is 1. The molecule has 0 aliphatic heterocycles. The number of nitrogens with zero attached hydrogens (tertiary/aromatic N) is 1. The first-order chi connectivity index (χ1) is 8.13. The van der Waals surface area contributed by atoms with Crippen molar-refractivity contribution < 1.29 is 0 Å². The molecule has 0 saturated heterocycles. The molecule has 2 heterocycles. The van der Waals surface area contributed by atoms with Crippen LogP contribution < -0.4 is 5.73 Å². The van der Waals surface area contributed by atoms with E-state index in [0.29, 0.717) is 5.92 Å². The van der Waals surface area contributed by atoms with Crippen LogP contribution in [0.15, 0.2) is 17.6 Å². The van der Waals surface area contributed by atoms with Crippen LogP contribution in [0.3, 0.4) is 0 Å². The molecule has 0 aromatic carbocycles. The molecule has 0 aliphatic rings. The monoisotopic (exact) mass is 249 g/mol. The van der Waals surface area contributed by atoms with Gasteiger partial charge >= 0.3 is 0 Å². The van der Waals surface area contributed by atoms with Gasteiger partial charge in [-0.05, 0) is 29.9 Å². The van der Waals surface area contributed by atoms with Gasteiger partial charge in [-0.15, -0.1) is 11.3 Å². The van der Waals surface area contributed by atoms with E-state index in [0.717, 1.165) is 17.9 Å². The van der Waals surface area contributed by atoms with Crippen molar-refractivity contribution in [2.75, 3.05) is 0 Å². The average molecular weight is 249 g/mol. The van der Waals surface area contributed by atoms with Crippen LogP contribution in [0.2, 0.25) is 0 Å². The first kappa shape index (κ1) is 12.3. The van der Waals surface area contributed by atoms with E-state index in [1.54, 1.807) is 11.3 Å². The lowest BCUT2D eigenvalue weighted by Gasteiger charge is -2.15. The fourth-order valence-electron chi connectivity index (χ4n) is 1.79. The highest BCUT2D eigenvalue weighted by molar-refractivity contribution is 7.13. The van der Waals surface area contributed by atoms with Crippen LogP contribution in [0.25, 0.3) is 10.6 Å². The van der Waals surface area contributed by atoms with E-state index >= 15 is 0 Å². The van der Waals surface area contributed by atoms with Gasteiger partial charge in [-0.1, -0.05) is 20.3 Å². The molecule has 2 rings (SSSR count). The Kier molecular flexibility index (Phi) is 3.64. The molecule has 0 bridgehead atoms. The van der Waals surface area contributed by atoms with Crippen LogP contribution in [0, 0.1) is 12.8 Å². The molecule has 0 fully saturated rings. The van der Waals surface area contributed by atoms with Crippen LogP contribution in [0.5, 0.6) is 0 Å². The van der Waals surface area contributed by atoms with Crippen LogP contribution in [0.4, 0.5) is 0 Å². The Labute approximate surface area is 106 Å². The number of imidazole rings is 1. The van der Waals surface area contributed by atoms with E-state index in [1.165, 1.54) is 10.4 Å². The highest BCUT2D eigenvalue weighted by Crippen LogP contribution is 2.29. The zero-order valence-electron chi connectivity index (χ0n) is 10.5. The molecule has 0 spiro atoms. The van der Waals surface area contributed by atoms with Crippen molar-refractivity contribution in [3.63, 3.8) is 0 Å². The van der Waals surface area contributed by atoms with Crippen molar-refractivity contribution in [1.82, 2.24) is 9.97 Å². The van der Waals surface area contributed by atoms with Gasteiger partial charge in [0.25, 0.3) is 0 Å². The number of nitrogens with two attached hydrogens (primary N) is 1. The zero-order chi connectivity index (χ0) is 12.4. The Morgan fingerprint density at radius 2 is 2.29 bits per heavy atom. The minimum Gasteiger partial charge on any atom is -0.340 e. The third-order valence-corrected chi connectivity index (χ3v) is 4.32. The van der Waals surface area contributed by atoms with Gasteiger partial charge in [0.15, 0.2) is 0 Å². The number of hydrogen-bond acceptors (Lipinski definition) is 3. The van der Waals surface area contributed by atoms with Crippen molar-refractivity contribution in [1.29, 1.82) is 0 Å². The summed E-state index contributed by atoms with van der Waals surface area (Å²) >= 11 is 1.73. The Bertz CT molecular complexity index is 486. The van der Waals surface area contributed by atoms with Gasteiger partial charge in [0, 0.05) is 0 Å². The highest BCUT2D eigenvalue weighted by Gasteiger charge is 2.17. The summed E-state index contributed by atoms with van der Waals surface area (Å²) in [7, 11) is 0. The van der Waals surface area contributed by atoms with E-state index in [-0.39, 0.29) is 6.04 Å². The zero-order valence-corrected chi connectivity index (χ0v) is 11.3. The molecule has 92 valence electrons. The van der Waals surface area contributed by atoms with Crippen LogP contribution >= 0.6 is 11.3 Å². The first-order valence-electron chi connectivity index (χ1n) is 5.98. The molecule has 2 aromatic rings. The van der Waals surface area contributed by atoms with Gasteiger partial charge in [0.2, 0.25) is 0 Å². The second-order valence-electron chi connectivity index (χ2n) is 4.53. The minimum absolute atomic E-state index is 0.00554. The van der Waals surface area contributed by atoms with Gasteiger partial charge in [-0.3, -0.25) is 0 Å². The largest absolute Gasteiger partial charge is 0.340 e. The Hall–Kier alpha value is -1.13. The molecular weight excluding hydrogens is 230 g/mol. The van der Waals surface area contributed by atoms with E-state index in [2.05, 4.69) is 42.2 Å². The van der Waals surface area contributed by atoms with Crippen molar-refractivity contribution in [3.8, 4) is 10.6 Å². The number of rotatable bonds is 4. The molecule has 4 heteroatoms. The summed E-state index contributed by atoms with van der Waals surface area (Å²) in [5, 5.41) is 2.10. The van der Waals surface area contributed by atoms with Crippen molar-refractivity contribution in [2.24, 2.45) is 11.7 Å². The van der Waals surface area contributed by atoms with Crippen LogP contribution in [-0.4, -0.2) is 9.97 Å². The summed E-state index contributed by atoms with van der Waals surface area (Å²) in [4.78, 5) is 9.00. The summed E-state index contributed by atoms with van der Waals surface area (Å²) in [5.74, 6) is 1.33. The number of aromatic nitrogens is 2. The summed E-state index contributed by atoms with van der Waals surface area (Å²) in [6.07, 6.45) is 2.95. The highest BCUT2D eigenvalue weighted by atomic mass is 32.1. The van der Waals surface area contributed by atoms with Crippen molar-refractivity contribution in [2.45, 2.75) is 33.2 Å². The molecule has 3 N–H and O–H groups in total. The van der Waals surface area contributed by atoms with Gasteiger partial charge in [-0.25, -0.2) is 4.98 Å². The Morgan fingerprint density at radius 3 is 2.88 bits per heavy atom. The van der Waals surface area contributed by atoms with E-state index in [1.807, 2.05) is 6.20 Å². The predicted molar refractivity (Wildman–Crippen MR) is 73.0 cm³/mol. The molecule has 0 amide bonds. The molecule has 3 nitrogen and oxygen atoms in total. The Balaban J connectivity index is 2.25. The SMILES string of the molecule is CCC(C)C(N)c1ncc(-c2sccc2C)[nH]1. The van der Waals surface area contributed by atoms with E-state index in [4.69, 9.17) is 5.73 Å². The maximum Gasteiger partial charge on any atom is 0.123 e. The van der Waals surface area contributed by atoms with Crippen LogP contribution in [0.1, 0.15) is 37.7 Å². The topological polar surface area (TPSA) is 54.7 Å². The van der Waals surface area contributed by atoms with Crippen molar-refractivity contribution in [3.05, 3.63) is 29.0 Å². The lowest BCUT2D eigenvalue weighted by atomic mass is 10.00. The minimum atomic E-state index is -0.00554. The van der Waals surface area contributed by atoms with Crippen molar-refractivity contribution >= 4 is 11.3 Å². The number of thiophene rings is 1. The van der Waals surface area contributed by atoms with Gasteiger partial charge < -0.3 is 10.7 Å². The van der Waals surface area contributed by atoms with Gasteiger partial charge in [0.05, 0.1) is 22.8 Å². The molecule has 0 aliphatic carbocycles. The quantitative estimate of drug-likeness (QED) is 0.871. The van der Waals surface area contributed by atoms with Gasteiger partial charge in [0.1, 0.15) is 5.82 Å². The van der Waals surface area contributed by atoms with Gasteiger partial charge in [-0.2, -0.15) is 0 Å². The standard InChI is InChI=1S/C13H19N3S/c1-4-8(2)11(14)13-15-7-10(16-13)12-9(3)5-6-17-12/h5-8,11H,4,14H2,1-3H3,(H,15,16). The molecule has 0 radical (unpaired) electrons. The molecule has 2 atom stereocenters. The molecular formula is C13H19N3S. The molecule has 2 aromatic heterocycles. The fraction of sp³-hybridized carbons (Fsp3) is 0.462. The second kappa shape index (κ2) is 5.02. The third-order valence-electron chi connectivity index (χ3n) is 3.27. The normalized spacial score (nSPS) is 14.8. The van der Waals surface area contributed by atoms with Crippen LogP contribution in [-0.2, 0) is 0 Å². The lowest BCUT2D eigenvalue weighted by molar-refractivity contribution is 0.441. The van der Waals surface area contributed by atoms with E-state index < -0.39 is 0 Å². The predicted octanol–water partition coefficient (Wildman–Crippen LogP) is 3.49. The summed E-state index contributed by atoms with van der Waals surface area (Å²) < 4.78 is 0. The number of aromatic amines is 1. The smallest absolute Gasteiger partial charge is 0.123 e.